The Labute approximate surface area is 374 Å². The number of benzene rings is 2. The van der Waals surface area contributed by atoms with Crippen LogP contribution in [0.3, 0.4) is 0 Å². The lowest BCUT2D eigenvalue weighted by Crippen LogP contribution is -2.41. The molecule has 2 aliphatic heterocycles. The fourth-order valence-corrected chi connectivity index (χ4v) is 9.52. The molecule has 16 heteroatoms. The Morgan fingerprint density at radius 1 is 0.985 bits per heavy atom. The standard InChI is InChI=1S/C49H49FN10O5/c1-29-43-46(55-44(54-29)31-10-13-41(65-5)33(22-31)23-42(61)62)60(34-14-18-56(19-15-34)28-49(2,3)4)48(64)59(43)35-11-12-39(53-25-35)47(63)57-20-16-36-37-7-6-17-52-45(37)58(40(36)27-57)26-32-9-8-30(24-51)21-38(32)50/h6-13,17,21-22,25,34H,14-16,18-20,23,26-28H2,1-5H3,(H,61,62). The topological polar surface area (TPSA) is 177 Å². The molecule has 7 heterocycles. The van der Waals surface area contributed by atoms with Gasteiger partial charge in [0.1, 0.15) is 28.4 Å². The third kappa shape index (κ3) is 8.23. The van der Waals surface area contributed by atoms with Crippen molar-refractivity contribution >= 4 is 34.1 Å². The van der Waals surface area contributed by atoms with Crippen molar-refractivity contribution in [1.82, 2.24) is 43.4 Å². The van der Waals surface area contributed by atoms with Crippen molar-refractivity contribution in [2.75, 3.05) is 33.3 Å². The van der Waals surface area contributed by atoms with E-state index in [-0.39, 0.29) is 53.8 Å². The van der Waals surface area contributed by atoms with E-state index in [1.807, 2.05) is 29.7 Å². The van der Waals surface area contributed by atoms with E-state index in [2.05, 4.69) is 35.6 Å². The number of hydrogen-bond acceptors (Lipinski definition) is 10. The van der Waals surface area contributed by atoms with Gasteiger partial charge in [0, 0.05) is 66.2 Å². The number of aliphatic carboxylic acids is 1. The smallest absolute Gasteiger partial charge is 0.335 e. The number of carboxylic acids is 1. The number of pyridine rings is 2. The molecule has 2 aliphatic rings. The highest BCUT2D eigenvalue weighted by Gasteiger charge is 2.32. The molecule has 15 nitrogen and oxygen atoms in total. The van der Waals surface area contributed by atoms with E-state index in [0.29, 0.717) is 69.4 Å². The Balaban J connectivity index is 1.06. The first-order chi connectivity index (χ1) is 31.2. The number of rotatable bonds is 10. The Hall–Kier alpha value is -7.25. The van der Waals surface area contributed by atoms with Gasteiger partial charge in [0.2, 0.25) is 0 Å². The van der Waals surface area contributed by atoms with Crippen LogP contribution in [0.2, 0.25) is 0 Å². The zero-order chi connectivity index (χ0) is 45.7. The van der Waals surface area contributed by atoms with Gasteiger partial charge in [0.25, 0.3) is 5.91 Å². The quantitative estimate of drug-likeness (QED) is 0.152. The first-order valence-electron chi connectivity index (χ1n) is 21.7. The van der Waals surface area contributed by atoms with Crippen molar-refractivity contribution in [1.29, 1.82) is 5.26 Å². The number of piperidine rings is 1. The summed E-state index contributed by atoms with van der Waals surface area (Å²) in [6, 6.07) is 18.7. The van der Waals surface area contributed by atoms with E-state index in [0.717, 1.165) is 49.1 Å². The second-order valence-corrected chi connectivity index (χ2v) is 18.1. The van der Waals surface area contributed by atoms with Gasteiger partial charge in [0.05, 0.1) is 55.8 Å². The lowest BCUT2D eigenvalue weighted by molar-refractivity contribution is -0.136. The molecule has 1 saturated heterocycles. The minimum absolute atomic E-state index is 0.125. The van der Waals surface area contributed by atoms with Crippen LogP contribution in [-0.4, -0.2) is 93.7 Å². The van der Waals surface area contributed by atoms with Crippen molar-refractivity contribution in [3.8, 4) is 28.9 Å². The molecular formula is C49H49FN10O5. The van der Waals surface area contributed by atoms with Crippen LogP contribution in [-0.2, 0) is 30.7 Å². The van der Waals surface area contributed by atoms with Gasteiger partial charge >= 0.3 is 11.7 Å². The van der Waals surface area contributed by atoms with Crippen LogP contribution in [0.25, 0.3) is 39.3 Å². The number of likely N-dealkylation sites (tertiary alicyclic amines) is 1. The van der Waals surface area contributed by atoms with Crippen molar-refractivity contribution in [3.05, 3.63) is 129 Å². The monoisotopic (exact) mass is 876 g/mol. The predicted molar refractivity (Wildman–Crippen MR) is 242 cm³/mol. The zero-order valence-electron chi connectivity index (χ0n) is 37.0. The Morgan fingerprint density at radius 2 is 1.78 bits per heavy atom. The summed E-state index contributed by atoms with van der Waals surface area (Å²) in [5.41, 5.74) is 6.28. The predicted octanol–water partition coefficient (Wildman–Crippen LogP) is 6.88. The second kappa shape index (κ2) is 17.0. The number of nitrogens with zero attached hydrogens (tertiary/aromatic N) is 10. The molecule has 0 atom stereocenters. The molecule has 1 amide bonds. The lowest BCUT2D eigenvalue weighted by atomic mass is 9.94. The molecule has 0 radical (unpaired) electrons. The number of halogens is 1. The summed E-state index contributed by atoms with van der Waals surface area (Å²) in [6.45, 7) is 11.9. The van der Waals surface area contributed by atoms with E-state index < -0.39 is 11.8 Å². The summed E-state index contributed by atoms with van der Waals surface area (Å²) in [5.74, 6) is -0.993. The number of amides is 1. The van der Waals surface area contributed by atoms with Crippen molar-refractivity contribution in [2.24, 2.45) is 5.41 Å². The van der Waals surface area contributed by atoms with Gasteiger partial charge in [-0.1, -0.05) is 26.8 Å². The van der Waals surface area contributed by atoms with Gasteiger partial charge in [-0.05, 0) is 91.8 Å². The van der Waals surface area contributed by atoms with Gasteiger partial charge in [0.15, 0.2) is 11.5 Å². The highest BCUT2D eigenvalue weighted by molar-refractivity contribution is 5.93. The Bertz CT molecular complexity index is 3110. The Kier molecular flexibility index (Phi) is 11.3. The summed E-state index contributed by atoms with van der Waals surface area (Å²) in [4.78, 5) is 64.2. The maximum Gasteiger partial charge on any atom is 0.335 e. The number of methoxy groups -OCH3 is 1. The molecule has 1 fully saturated rings. The van der Waals surface area contributed by atoms with Crippen LogP contribution >= 0.6 is 0 Å². The zero-order valence-corrected chi connectivity index (χ0v) is 37.0. The number of carbonyl (C=O) groups excluding carboxylic acids is 1. The molecule has 2 aromatic carbocycles. The minimum Gasteiger partial charge on any atom is -0.496 e. The van der Waals surface area contributed by atoms with Crippen molar-refractivity contribution < 1.29 is 23.8 Å². The van der Waals surface area contributed by atoms with E-state index >= 15 is 4.39 Å². The van der Waals surface area contributed by atoms with Crippen LogP contribution in [0.4, 0.5) is 4.39 Å². The molecule has 332 valence electrons. The fraction of sp³-hybridized carbons (Fsp3) is 0.347. The molecule has 0 bridgehead atoms. The van der Waals surface area contributed by atoms with Gasteiger partial charge < -0.3 is 24.2 Å². The molecule has 65 heavy (non-hydrogen) atoms. The van der Waals surface area contributed by atoms with Crippen molar-refractivity contribution in [3.63, 3.8) is 0 Å². The molecule has 0 aliphatic carbocycles. The average molecular weight is 877 g/mol. The molecule has 1 N–H and O–H groups in total. The molecular weight excluding hydrogens is 828 g/mol. The number of aromatic nitrogens is 7. The number of carbonyl (C=O) groups is 2. The van der Waals surface area contributed by atoms with E-state index in [9.17, 15) is 24.8 Å². The second-order valence-electron chi connectivity index (χ2n) is 18.1. The lowest BCUT2D eigenvalue weighted by Gasteiger charge is -2.36. The summed E-state index contributed by atoms with van der Waals surface area (Å²) < 4.78 is 25.9. The first-order valence-corrected chi connectivity index (χ1v) is 21.7. The van der Waals surface area contributed by atoms with E-state index in [4.69, 9.17) is 14.7 Å². The number of nitriles is 1. The third-order valence-electron chi connectivity index (χ3n) is 12.4. The highest BCUT2D eigenvalue weighted by Crippen LogP contribution is 2.34. The van der Waals surface area contributed by atoms with E-state index in [1.54, 1.807) is 62.7 Å². The van der Waals surface area contributed by atoms with Crippen LogP contribution in [0.15, 0.2) is 77.9 Å². The molecule has 0 saturated carbocycles. The number of aryl methyl sites for hydroxylation is 1. The first kappa shape index (κ1) is 43.0. The molecule has 7 aromatic rings. The van der Waals surface area contributed by atoms with Crippen molar-refractivity contribution in [2.45, 2.75) is 72.5 Å². The molecule has 9 rings (SSSR count). The van der Waals surface area contributed by atoms with Crippen LogP contribution < -0.4 is 10.4 Å². The molecule has 0 spiro atoms. The van der Waals surface area contributed by atoms with E-state index in [1.165, 1.54) is 19.4 Å². The Morgan fingerprint density at radius 3 is 2.48 bits per heavy atom. The SMILES string of the molecule is COc1ccc(-c2nc(C)c3c(n2)n(C2CCN(CC(C)(C)C)CC2)c(=O)n3-c2ccc(C(=O)N3CCc4c(n(Cc5ccc(C#N)cc5F)c5ncccc45)C3)nc2)cc1CC(=O)O. The molecule has 5 aromatic heterocycles. The summed E-state index contributed by atoms with van der Waals surface area (Å²) in [5, 5.41) is 19.8. The summed E-state index contributed by atoms with van der Waals surface area (Å²) >= 11 is 0. The number of imidazole rings is 1. The minimum atomic E-state index is -1.00. The third-order valence-corrected chi connectivity index (χ3v) is 12.4. The average Bonchev–Trinajstić information content (AvgIpc) is 3.76. The van der Waals surface area contributed by atoms with Crippen LogP contribution in [0.1, 0.15) is 83.8 Å². The highest BCUT2D eigenvalue weighted by atomic mass is 19.1. The number of fused-ring (bicyclic) bond motifs is 4. The maximum absolute atomic E-state index is 15.2. The summed E-state index contributed by atoms with van der Waals surface area (Å²) in [7, 11) is 1.49. The number of carboxylic acid groups (broad SMARTS) is 1. The normalized spacial score (nSPS) is 14.8. The molecule has 0 unspecified atom stereocenters. The summed E-state index contributed by atoms with van der Waals surface area (Å²) in [6.07, 6.45) is 5.01. The van der Waals surface area contributed by atoms with Crippen LogP contribution in [0.5, 0.6) is 5.75 Å². The van der Waals surface area contributed by atoms with Crippen LogP contribution in [0, 0.1) is 29.5 Å². The fourth-order valence-electron chi connectivity index (χ4n) is 9.52. The van der Waals surface area contributed by atoms with Gasteiger partial charge in [-0.2, -0.15) is 5.26 Å². The van der Waals surface area contributed by atoms with Gasteiger partial charge in [-0.15, -0.1) is 0 Å². The van der Waals surface area contributed by atoms with Gasteiger partial charge in [-0.3, -0.25) is 18.7 Å². The van der Waals surface area contributed by atoms with Gasteiger partial charge in [-0.25, -0.2) is 29.1 Å². The number of ether oxygens (including phenoxy) is 1. The number of hydrogen-bond donors (Lipinski definition) is 1. The maximum atomic E-state index is 15.2. The largest absolute Gasteiger partial charge is 0.496 e.